The van der Waals surface area contributed by atoms with E-state index < -0.39 is 0 Å². The Labute approximate surface area is 120 Å². The van der Waals surface area contributed by atoms with Gasteiger partial charge in [-0.25, -0.2) is 0 Å². The van der Waals surface area contributed by atoms with Crippen LogP contribution in [0.25, 0.3) is 10.8 Å². The van der Waals surface area contributed by atoms with Crippen LogP contribution < -0.4 is 11.1 Å². The first kappa shape index (κ1) is 13.6. The molecule has 1 unspecified atom stereocenters. The lowest BCUT2D eigenvalue weighted by atomic mass is 9.97. The molecule has 2 aromatic rings. The second-order valence-corrected chi connectivity index (χ2v) is 5.56. The van der Waals surface area contributed by atoms with Gasteiger partial charge >= 0.3 is 0 Å². The van der Waals surface area contributed by atoms with Gasteiger partial charge in [-0.3, -0.25) is 0 Å². The monoisotopic (exact) mass is 269 g/mol. The fraction of sp³-hybridized carbons (Fsp3) is 0.412. The molecule has 0 radical (unpaired) electrons. The standard InChI is InChI=1S/C17H23N3/c18-17(8-11-20-12-9-19-10-13-20)16-7-3-5-14-4-1-2-6-15(14)16/h1-7,17,19H,8-13,18H2. The molecule has 0 spiro atoms. The van der Waals surface area contributed by atoms with E-state index in [4.69, 9.17) is 5.73 Å². The van der Waals surface area contributed by atoms with Crippen molar-refractivity contribution >= 4 is 10.8 Å². The van der Waals surface area contributed by atoms with Crippen molar-refractivity contribution in [3.8, 4) is 0 Å². The molecule has 0 aromatic heterocycles. The van der Waals surface area contributed by atoms with Gasteiger partial charge in [-0.05, 0) is 22.8 Å². The van der Waals surface area contributed by atoms with E-state index in [-0.39, 0.29) is 6.04 Å². The molecule has 1 aliphatic rings. The Kier molecular flexibility index (Phi) is 4.31. The molecule has 3 N–H and O–H groups in total. The number of nitrogens with two attached hydrogens (primary N) is 1. The predicted molar refractivity (Wildman–Crippen MR) is 84.8 cm³/mol. The number of benzene rings is 2. The van der Waals surface area contributed by atoms with E-state index in [1.807, 2.05) is 0 Å². The van der Waals surface area contributed by atoms with E-state index in [1.54, 1.807) is 0 Å². The SMILES string of the molecule is NC(CCN1CCNCC1)c1cccc2ccccc12. The zero-order chi connectivity index (χ0) is 13.8. The minimum absolute atomic E-state index is 0.121. The summed E-state index contributed by atoms with van der Waals surface area (Å²) in [5, 5.41) is 5.96. The maximum absolute atomic E-state index is 6.44. The molecule has 1 fully saturated rings. The van der Waals surface area contributed by atoms with E-state index in [0.29, 0.717) is 0 Å². The van der Waals surface area contributed by atoms with Crippen molar-refractivity contribution in [2.24, 2.45) is 5.73 Å². The molecule has 106 valence electrons. The Morgan fingerprint density at radius 1 is 1.05 bits per heavy atom. The van der Waals surface area contributed by atoms with Crippen molar-refractivity contribution in [3.63, 3.8) is 0 Å². The van der Waals surface area contributed by atoms with Crippen LogP contribution in [0.15, 0.2) is 42.5 Å². The van der Waals surface area contributed by atoms with E-state index >= 15 is 0 Å². The normalized spacial score (nSPS) is 18.2. The highest BCUT2D eigenvalue weighted by molar-refractivity contribution is 5.86. The third kappa shape index (κ3) is 3.01. The predicted octanol–water partition coefficient (Wildman–Crippen LogP) is 2.13. The maximum atomic E-state index is 6.44. The Morgan fingerprint density at radius 3 is 2.65 bits per heavy atom. The largest absolute Gasteiger partial charge is 0.324 e. The number of piperazine rings is 1. The minimum Gasteiger partial charge on any atom is -0.324 e. The highest BCUT2D eigenvalue weighted by atomic mass is 15.2. The maximum Gasteiger partial charge on any atom is 0.0313 e. The third-order valence-electron chi connectivity index (χ3n) is 4.19. The van der Waals surface area contributed by atoms with Crippen LogP contribution in [-0.4, -0.2) is 37.6 Å². The summed E-state index contributed by atoms with van der Waals surface area (Å²) in [5.41, 5.74) is 7.71. The first-order chi connectivity index (χ1) is 9.84. The molecule has 20 heavy (non-hydrogen) atoms. The summed E-state index contributed by atoms with van der Waals surface area (Å²) < 4.78 is 0. The van der Waals surface area contributed by atoms with E-state index in [0.717, 1.165) is 39.1 Å². The zero-order valence-electron chi connectivity index (χ0n) is 11.9. The van der Waals surface area contributed by atoms with Crippen molar-refractivity contribution in [1.29, 1.82) is 0 Å². The average molecular weight is 269 g/mol. The van der Waals surface area contributed by atoms with E-state index in [2.05, 4.69) is 52.7 Å². The molecule has 0 bridgehead atoms. The van der Waals surface area contributed by atoms with Crippen LogP contribution in [0.3, 0.4) is 0 Å². The number of nitrogens with one attached hydrogen (secondary N) is 1. The molecule has 1 atom stereocenters. The van der Waals surface area contributed by atoms with Crippen molar-refractivity contribution in [2.75, 3.05) is 32.7 Å². The van der Waals surface area contributed by atoms with Gasteiger partial charge in [0, 0.05) is 38.8 Å². The molecule has 1 aliphatic heterocycles. The molecule has 1 heterocycles. The van der Waals surface area contributed by atoms with Crippen molar-refractivity contribution < 1.29 is 0 Å². The van der Waals surface area contributed by atoms with Crippen LogP contribution >= 0.6 is 0 Å². The topological polar surface area (TPSA) is 41.3 Å². The lowest BCUT2D eigenvalue weighted by molar-refractivity contribution is 0.233. The van der Waals surface area contributed by atoms with Crippen molar-refractivity contribution in [2.45, 2.75) is 12.5 Å². The Morgan fingerprint density at radius 2 is 1.80 bits per heavy atom. The van der Waals surface area contributed by atoms with Crippen LogP contribution in [-0.2, 0) is 0 Å². The van der Waals surface area contributed by atoms with Crippen molar-refractivity contribution in [1.82, 2.24) is 10.2 Å². The van der Waals surface area contributed by atoms with Gasteiger partial charge in [0.15, 0.2) is 0 Å². The van der Waals surface area contributed by atoms with E-state index in [9.17, 15) is 0 Å². The molecule has 1 saturated heterocycles. The molecular formula is C17H23N3. The number of hydrogen-bond acceptors (Lipinski definition) is 3. The summed E-state index contributed by atoms with van der Waals surface area (Å²) in [6, 6.07) is 15.1. The number of rotatable bonds is 4. The third-order valence-corrected chi connectivity index (χ3v) is 4.19. The van der Waals surface area contributed by atoms with Crippen LogP contribution in [0.1, 0.15) is 18.0 Å². The quantitative estimate of drug-likeness (QED) is 0.893. The van der Waals surface area contributed by atoms with Crippen LogP contribution in [0.2, 0.25) is 0 Å². The lowest BCUT2D eigenvalue weighted by Gasteiger charge is -2.28. The molecule has 0 saturated carbocycles. The number of nitrogens with zero attached hydrogens (tertiary/aromatic N) is 1. The first-order valence-corrected chi connectivity index (χ1v) is 7.51. The Hall–Kier alpha value is -1.42. The summed E-state index contributed by atoms with van der Waals surface area (Å²) in [6.07, 6.45) is 1.02. The first-order valence-electron chi connectivity index (χ1n) is 7.51. The Bertz CT molecular complexity index is 556. The van der Waals surface area contributed by atoms with Gasteiger partial charge in [0.1, 0.15) is 0 Å². The van der Waals surface area contributed by atoms with Gasteiger partial charge in [0.2, 0.25) is 0 Å². The summed E-state index contributed by atoms with van der Waals surface area (Å²) in [6.45, 7) is 5.57. The number of fused-ring (bicyclic) bond motifs is 1. The van der Waals surface area contributed by atoms with E-state index in [1.165, 1.54) is 16.3 Å². The lowest BCUT2D eigenvalue weighted by Crippen LogP contribution is -2.44. The van der Waals surface area contributed by atoms with Gasteiger partial charge in [-0.1, -0.05) is 42.5 Å². The van der Waals surface area contributed by atoms with Gasteiger partial charge in [-0.2, -0.15) is 0 Å². The highest BCUT2D eigenvalue weighted by Gasteiger charge is 2.13. The molecule has 0 amide bonds. The molecule has 3 nitrogen and oxygen atoms in total. The second kappa shape index (κ2) is 6.35. The summed E-state index contributed by atoms with van der Waals surface area (Å²) in [5.74, 6) is 0. The molecular weight excluding hydrogens is 246 g/mol. The summed E-state index contributed by atoms with van der Waals surface area (Å²) in [7, 11) is 0. The fourth-order valence-corrected chi connectivity index (χ4v) is 2.99. The van der Waals surface area contributed by atoms with Crippen LogP contribution in [0.5, 0.6) is 0 Å². The van der Waals surface area contributed by atoms with Gasteiger partial charge in [0.05, 0.1) is 0 Å². The highest BCUT2D eigenvalue weighted by Crippen LogP contribution is 2.24. The van der Waals surface area contributed by atoms with Crippen LogP contribution in [0.4, 0.5) is 0 Å². The Balaban J connectivity index is 1.70. The van der Waals surface area contributed by atoms with Crippen LogP contribution in [0, 0.1) is 0 Å². The van der Waals surface area contributed by atoms with Gasteiger partial charge < -0.3 is 16.0 Å². The molecule has 3 heteroatoms. The second-order valence-electron chi connectivity index (χ2n) is 5.56. The molecule has 3 rings (SSSR count). The van der Waals surface area contributed by atoms with Gasteiger partial charge in [-0.15, -0.1) is 0 Å². The van der Waals surface area contributed by atoms with Crippen molar-refractivity contribution in [3.05, 3.63) is 48.0 Å². The summed E-state index contributed by atoms with van der Waals surface area (Å²) in [4.78, 5) is 2.50. The van der Waals surface area contributed by atoms with Gasteiger partial charge in [0.25, 0.3) is 0 Å². The molecule has 0 aliphatic carbocycles. The average Bonchev–Trinajstić information content (AvgIpc) is 2.53. The smallest absolute Gasteiger partial charge is 0.0313 e. The fourth-order valence-electron chi connectivity index (χ4n) is 2.99. The summed E-state index contributed by atoms with van der Waals surface area (Å²) >= 11 is 0. The minimum atomic E-state index is 0.121. The molecule has 2 aromatic carbocycles. The zero-order valence-corrected chi connectivity index (χ0v) is 11.9. The number of hydrogen-bond donors (Lipinski definition) is 2.